The highest BCUT2D eigenvalue weighted by Crippen LogP contribution is 2.65. The second kappa shape index (κ2) is 13.1. The van der Waals surface area contributed by atoms with Gasteiger partial charge in [-0.15, -0.1) is 0 Å². The molecule has 2 aromatic carbocycles. The molecular weight excluding hydrogens is 792 g/mol. The van der Waals surface area contributed by atoms with Gasteiger partial charge in [-0.05, 0) is 61.1 Å². The first-order valence-electron chi connectivity index (χ1n) is 16.4. The second-order valence-corrected chi connectivity index (χ2v) is 15.1. The Morgan fingerprint density at radius 3 is 2.40 bits per heavy atom. The third kappa shape index (κ3) is 5.39. The van der Waals surface area contributed by atoms with Gasteiger partial charge in [0.25, 0.3) is 11.8 Å². The van der Waals surface area contributed by atoms with E-state index in [0.29, 0.717) is 44.3 Å². The second-order valence-electron chi connectivity index (χ2n) is 13.3. The molecule has 7 rings (SSSR count). The predicted octanol–water partition coefficient (Wildman–Crippen LogP) is 7.28. The smallest absolute Gasteiger partial charge is 0.417 e. The fraction of sp³-hybridized carbons (Fsp3) is 0.361. The van der Waals surface area contributed by atoms with Crippen LogP contribution < -0.4 is 10.2 Å². The Kier molecular flexibility index (Phi) is 9.10. The van der Waals surface area contributed by atoms with Crippen LogP contribution in [0, 0.1) is 23.7 Å². The van der Waals surface area contributed by atoms with Crippen molar-refractivity contribution < 1.29 is 42.2 Å². The van der Waals surface area contributed by atoms with Crippen molar-refractivity contribution in [3.05, 3.63) is 91.5 Å². The molecule has 2 N–H and O–H groups in total. The Labute approximate surface area is 314 Å². The maximum Gasteiger partial charge on any atom is 0.417 e. The third-order valence-corrected chi connectivity index (χ3v) is 11.7. The van der Waals surface area contributed by atoms with Crippen LogP contribution in [0.15, 0.2) is 64.8 Å². The minimum absolute atomic E-state index is 0.0477. The maximum atomic E-state index is 15.3. The Balaban J connectivity index is 1.47. The molecule has 16 heteroatoms. The van der Waals surface area contributed by atoms with Gasteiger partial charge in [0.05, 0.1) is 40.9 Å². The molecule has 1 aromatic heterocycles. The van der Waals surface area contributed by atoms with Crippen LogP contribution in [0.3, 0.4) is 0 Å². The number of hydrazine groups is 1. The summed E-state index contributed by atoms with van der Waals surface area (Å²) in [7, 11) is 1.36. The van der Waals surface area contributed by atoms with Crippen molar-refractivity contribution >= 4 is 68.6 Å². The zero-order valence-electron chi connectivity index (χ0n) is 27.5. The number of aromatic hydroxyl groups is 1. The molecule has 2 saturated heterocycles. The molecule has 0 radical (unpaired) electrons. The lowest BCUT2D eigenvalue weighted by atomic mass is 9.49. The van der Waals surface area contributed by atoms with Crippen molar-refractivity contribution in [2.45, 2.75) is 43.7 Å². The van der Waals surface area contributed by atoms with Crippen LogP contribution in [0.2, 0.25) is 10.0 Å². The number of pyridine rings is 1. The van der Waals surface area contributed by atoms with E-state index in [1.165, 1.54) is 18.1 Å². The highest BCUT2D eigenvalue weighted by atomic mass is 79.9. The molecule has 6 atom stereocenters. The molecule has 2 aliphatic carbocycles. The standard InChI is InChI=1S/C36H30BrCl2F3N4O6/c1-3-10-45-31(48)21-9-8-20-22(27(21)33(45)50)14-24-32(49)46(44-30-25(39)11-17(15-43-30)36(40,41)42)34(51)35(24,16-4-6-19(38)7-5-16)28(20)23-12-18(37)13-26(52-2)29(23)47/h4-8,11-13,15,21-22,24,27-28,47H,3,9-10,14H2,1-2H3,(H,43,44)/t21-,22+,24-,27-,28+,35+/m0/s1. The van der Waals surface area contributed by atoms with Crippen molar-refractivity contribution in [3.8, 4) is 11.5 Å². The van der Waals surface area contributed by atoms with Crippen LogP contribution in [0.25, 0.3) is 0 Å². The van der Waals surface area contributed by atoms with E-state index < -0.39 is 63.6 Å². The number of allylic oxidation sites excluding steroid dienone is 2. The largest absolute Gasteiger partial charge is 0.504 e. The molecule has 52 heavy (non-hydrogen) atoms. The molecule has 0 bridgehead atoms. The Bertz CT molecular complexity index is 2060. The number of fused-ring (bicyclic) bond motifs is 4. The number of halogens is 6. The van der Waals surface area contributed by atoms with E-state index in [-0.39, 0.29) is 54.1 Å². The van der Waals surface area contributed by atoms with Crippen LogP contribution in [-0.4, -0.2) is 57.3 Å². The number of nitrogens with zero attached hydrogens (tertiary/aromatic N) is 3. The zero-order valence-corrected chi connectivity index (χ0v) is 30.6. The number of carbonyl (C=O) groups excluding carboxylic acids is 4. The molecule has 3 heterocycles. The Morgan fingerprint density at radius 1 is 1.06 bits per heavy atom. The number of carbonyl (C=O) groups is 4. The number of ether oxygens (including phenoxy) is 1. The van der Waals surface area contributed by atoms with Gasteiger partial charge in [-0.3, -0.25) is 29.5 Å². The third-order valence-electron chi connectivity index (χ3n) is 10.7. The maximum absolute atomic E-state index is 15.3. The number of imide groups is 2. The van der Waals surface area contributed by atoms with Crippen molar-refractivity contribution in [1.82, 2.24) is 14.9 Å². The van der Waals surface area contributed by atoms with Crippen LogP contribution in [0.4, 0.5) is 19.0 Å². The first kappa shape index (κ1) is 36.2. The lowest BCUT2D eigenvalue weighted by Crippen LogP contribution is -2.53. The lowest BCUT2D eigenvalue weighted by Gasteiger charge is -2.50. The molecular formula is C36H30BrCl2F3N4O6. The molecule has 272 valence electrons. The van der Waals surface area contributed by atoms with Gasteiger partial charge in [0, 0.05) is 33.7 Å². The van der Waals surface area contributed by atoms with Gasteiger partial charge in [0.2, 0.25) is 11.8 Å². The summed E-state index contributed by atoms with van der Waals surface area (Å²) in [6, 6.07) is 10.1. The zero-order chi connectivity index (χ0) is 37.4. The van der Waals surface area contributed by atoms with Crippen molar-refractivity contribution in [2.75, 3.05) is 19.1 Å². The molecule has 3 fully saturated rings. The van der Waals surface area contributed by atoms with E-state index in [2.05, 4.69) is 26.3 Å². The first-order valence-corrected chi connectivity index (χ1v) is 17.9. The highest BCUT2D eigenvalue weighted by Gasteiger charge is 2.70. The number of rotatable bonds is 7. The van der Waals surface area contributed by atoms with E-state index in [1.54, 1.807) is 30.3 Å². The lowest BCUT2D eigenvalue weighted by molar-refractivity contribution is -0.141. The van der Waals surface area contributed by atoms with Crippen LogP contribution >= 0.6 is 39.1 Å². The average molecular weight is 822 g/mol. The summed E-state index contributed by atoms with van der Waals surface area (Å²) in [4.78, 5) is 62.7. The molecule has 3 aromatic rings. The number of nitrogens with one attached hydrogen (secondary N) is 1. The van der Waals surface area contributed by atoms with Crippen LogP contribution in [0.5, 0.6) is 11.5 Å². The fourth-order valence-corrected chi connectivity index (χ4v) is 9.40. The van der Waals surface area contributed by atoms with Crippen LogP contribution in [0.1, 0.15) is 48.8 Å². The summed E-state index contributed by atoms with van der Waals surface area (Å²) < 4.78 is 46.3. The van der Waals surface area contributed by atoms with Crippen molar-refractivity contribution in [2.24, 2.45) is 23.7 Å². The number of methoxy groups -OCH3 is 1. The monoisotopic (exact) mass is 820 g/mol. The molecule has 4 amide bonds. The van der Waals surface area contributed by atoms with Gasteiger partial charge >= 0.3 is 6.18 Å². The van der Waals surface area contributed by atoms with Crippen molar-refractivity contribution in [1.29, 1.82) is 0 Å². The van der Waals surface area contributed by atoms with Crippen LogP contribution in [-0.2, 0) is 30.8 Å². The summed E-state index contributed by atoms with van der Waals surface area (Å²) in [6.45, 7) is 2.09. The summed E-state index contributed by atoms with van der Waals surface area (Å²) in [5.74, 6) is -7.44. The Morgan fingerprint density at radius 2 is 1.77 bits per heavy atom. The number of phenols is 1. The minimum atomic E-state index is -4.75. The molecule has 10 nitrogen and oxygen atoms in total. The number of likely N-dealkylation sites (tertiary alicyclic amines) is 1. The molecule has 0 spiro atoms. The fourth-order valence-electron chi connectivity index (χ4n) is 8.61. The van der Waals surface area contributed by atoms with Gasteiger partial charge in [0.15, 0.2) is 17.3 Å². The van der Waals surface area contributed by atoms with Gasteiger partial charge in [-0.1, -0.05) is 69.8 Å². The number of phenolic OH excluding ortho intramolecular Hbond substituents is 1. The van der Waals surface area contributed by atoms with E-state index in [4.69, 9.17) is 27.9 Å². The molecule has 0 unspecified atom stereocenters. The summed E-state index contributed by atoms with van der Waals surface area (Å²) in [5.41, 5.74) is 0.772. The van der Waals surface area contributed by atoms with Gasteiger partial charge in [-0.2, -0.15) is 18.2 Å². The highest BCUT2D eigenvalue weighted by molar-refractivity contribution is 9.10. The number of hydrogen-bond donors (Lipinski definition) is 2. The van der Waals surface area contributed by atoms with Gasteiger partial charge in [-0.25, -0.2) is 4.98 Å². The molecule has 2 aliphatic heterocycles. The topological polar surface area (TPSA) is 129 Å². The number of aromatic nitrogens is 1. The molecule has 4 aliphatic rings. The summed E-state index contributed by atoms with van der Waals surface area (Å²) in [6.07, 6.45) is -1.71. The normalized spacial score (nSPS) is 27.0. The first-order chi connectivity index (χ1) is 24.6. The summed E-state index contributed by atoms with van der Waals surface area (Å²) in [5, 5.41) is 12.3. The predicted molar refractivity (Wildman–Crippen MR) is 186 cm³/mol. The number of amides is 4. The van der Waals surface area contributed by atoms with E-state index in [9.17, 15) is 32.7 Å². The van der Waals surface area contributed by atoms with E-state index in [1.807, 2.05) is 13.0 Å². The Hall–Kier alpha value is -4.14. The van der Waals surface area contributed by atoms with E-state index >= 15 is 4.79 Å². The molecule has 1 saturated carbocycles. The van der Waals surface area contributed by atoms with Gasteiger partial charge in [0.1, 0.15) is 0 Å². The number of alkyl halides is 3. The quantitative estimate of drug-likeness (QED) is 0.188. The van der Waals surface area contributed by atoms with Crippen molar-refractivity contribution in [3.63, 3.8) is 0 Å². The number of anilines is 1. The average Bonchev–Trinajstić information content (AvgIpc) is 3.47. The summed E-state index contributed by atoms with van der Waals surface area (Å²) >= 11 is 16.0. The van der Waals surface area contributed by atoms with Gasteiger partial charge < -0.3 is 9.84 Å². The SMILES string of the molecule is CCCN1C(=O)[C@H]2[C@H](CC=C3[C@H]2C[C@H]2C(=O)N(Nc4ncc(C(F)(F)F)cc4Cl)C(=O)[C@@]2(c2ccc(Cl)cc2)[C@H]3c2cc(Br)cc(OC)c2O)C1=O. The number of hydrogen-bond acceptors (Lipinski definition) is 8. The van der Waals surface area contributed by atoms with E-state index in [0.717, 1.165) is 0 Å². The minimum Gasteiger partial charge on any atom is -0.504 e. The number of benzene rings is 2.